The Bertz CT molecular complexity index is 323. The Kier molecular flexibility index (Phi) is 2.96. The summed E-state index contributed by atoms with van der Waals surface area (Å²) in [6.07, 6.45) is -8.43. The van der Waals surface area contributed by atoms with Crippen molar-refractivity contribution in [2.24, 2.45) is 4.99 Å². The van der Waals surface area contributed by atoms with E-state index in [1.807, 2.05) is 0 Å². The van der Waals surface area contributed by atoms with Crippen LogP contribution in [0, 0.1) is 0 Å². The second-order valence-corrected chi connectivity index (χ2v) is 2.51. The Labute approximate surface area is 81.9 Å². The van der Waals surface area contributed by atoms with Gasteiger partial charge in [-0.1, -0.05) is 0 Å². The molecule has 1 heterocycles. The minimum Gasteiger partial charge on any atom is -0.463 e. The van der Waals surface area contributed by atoms with Crippen LogP contribution in [0.3, 0.4) is 0 Å². The predicted molar refractivity (Wildman–Crippen MR) is 40.4 cm³/mol. The summed E-state index contributed by atoms with van der Waals surface area (Å²) in [5.74, 6) is -1.28. The van der Waals surface area contributed by atoms with Gasteiger partial charge in [-0.25, -0.2) is 9.59 Å². The van der Waals surface area contributed by atoms with Crippen molar-refractivity contribution < 1.29 is 32.2 Å². The Morgan fingerprint density at radius 3 is 2.67 bits per heavy atom. The highest BCUT2D eigenvalue weighted by molar-refractivity contribution is 6.14. The number of rotatable bonds is 2. The molecule has 84 valence electrons. The number of halogens is 3. The molecule has 0 aromatic rings. The number of carbonyl (C=O) groups is 2. The van der Waals surface area contributed by atoms with Crippen LogP contribution < -0.4 is 0 Å². The Balaban J connectivity index is 2.88. The van der Waals surface area contributed by atoms with Crippen molar-refractivity contribution in [1.29, 1.82) is 0 Å². The number of esters is 1. The third-order valence-corrected chi connectivity index (χ3v) is 1.47. The maximum Gasteiger partial charge on any atom is 0.435 e. The molecule has 0 spiro atoms. The first-order chi connectivity index (χ1) is 6.86. The first-order valence-electron chi connectivity index (χ1n) is 3.89. The topological polar surface area (TPSA) is 65.0 Å². The Morgan fingerprint density at radius 2 is 2.20 bits per heavy atom. The summed E-state index contributed by atoms with van der Waals surface area (Å²) < 4.78 is 45.0. The molecule has 0 saturated carbocycles. The molecule has 1 aliphatic heterocycles. The fourth-order valence-corrected chi connectivity index (χ4v) is 0.930. The number of amides is 1. The lowest BCUT2D eigenvalue weighted by Gasteiger charge is -2.12. The normalized spacial score (nSPS) is 20.9. The summed E-state index contributed by atoms with van der Waals surface area (Å²) in [6.45, 7) is 1.30. The summed E-state index contributed by atoms with van der Waals surface area (Å²) >= 11 is 0. The van der Waals surface area contributed by atoms with E-state index in [2.05, 4.69) is 14.5 Å². The number of hydrogen-bond acceptors (Lipinski definition) is 4. The van der Waals surface area contributed by atoms with E-state index in [0.717, 1.165) is 0 Å². The zero-order chi connectivity index (χ0) is 11.6. The maximum absolute atomic E-state index is 12.2. The Morgan fingerprint density at radius 1 is 1.60 bits per heavy atom. The average Bonchev–Trinajstić information content (AvgIpc) is 2.47. The fourth-order valence-electron chi connectivity index (χ4n) is 0.930. The van der Waals surface area contributed by atoms with E-state index in [1.165, 1.54) is 6.92 Å². The molecular weight excluding hydrogens is 219 g/mol. The molecule has 1 rings (SSSR count). The third kappa shape index (κ3) is 2.45. The molecular formula is C7H6F3NO4. The fraction of sp³-hybridized carbons (Fsp3) is 0.571. The van der Waals surface area contributed by atoms with Gasteiger partial charge in [0.15, 0.2) is 5.71 Å². The lowest BCUT2D eigenvalue weighted by Crippen LogP contribution is -2.39. The van der Waals surface area contributed by atoms with Crippen LogP contribution in [-0.2, 0) is 14.3 Å². The van der Waals surface area contributed by atoms with Gasteiger partial charge in [0.2, 0.25) is 6.10 Å². The quantitative estimate of drug-likeness (QED) is 0.659. The highest BCUT2D eigenvalue weighted by Gasteiger charge is 2.50. The smallest absolute Gasteiger partial charge is 0.435 e. The van der Waals surface area contributed by atoms with Crippen LogP contribution in [0.2, 0.25) is 0 Å². The average molecular weight is 225 g/mol. The zero-order valence-electron chi connectivity index (χ0n) is 7.50. The van der Waals surface area contributed by atoms with Gasteiger partial charge < -0.3 is 9.47 Å². The summed E-state index contributed by atoms with van der Waals surface area (Å²) in [4.78, 5) is 24.0. The second-order valence-electron chi connectivity index (χ2n) is 2.51. The molecule has 0 aliphatic carbocycles. The van der Waals surface area contributed by atoms with Crippen LogP contribution in [0.5, 0.6) is 0 Å². The van der Waals surface area contributed by atoms with Gasteiger partial charge in [-0.2, -0.15) is 18.2 Å². The predicted octanol–water partition coefficient (Wildman–Crippen LogP) is 1.07. The standard InChI is InChI=1S/C7H6F3NO4/c1-2-14-5(12)3-4(7(8,9)10)11-6(13)15-3/h3H,2H2,1H3. The van der Waals surface area contributed by atoms with E-state index in [9.17, 15) is 22.8 Å². The van der Waals surface area contributed by atoms with E-state index in [-0.39, 0.29) is 6.61 Å². The van der Waals surface area contributed by atoms with Crippen molar-refractivity contribution in [3.8, 4) is 0 Å². The molecule has 1 atom stereocenters. The second kappa shape index (κ2) is 3.87. The van der Waals surface area contributed by atoms with E-state index >= 15 is 0 Å². The molecule has 0 aromatic carbocycles. The van der Waals surface area contributed by atoms with Crippen molar-refractivity contribution in [3.05, 3.63) is 0 Å². The van der Waals surface area contributed by atoms with E-state index < -0.39 is 30.1 Å². The Hall–Kier alpha value is -1.60. The lowest BCUT2D eigenvalue weighted by molar-refractivity contribution is -0.150. The molecule has 15 heavy (non-hydrogen) atoms. The molecule has 1 aliphatic rings. The van der Waals surface area contributed by atoms with Crippen LogP contribution in [0.4, 0.5) is 18.0 Å². The number of ether oxygens (including phenoxy) is 2. The highest BCUT2D eigenvalue weighted by atomic mass is 19.4. The van der Waals surface area contributed by atoms with Gasteiger partial charge in [0, 0.05) is 0 Å². The van der Waals surface area contributed by atoms with Gasteiger partial charge in [0.25, 0.3) is 0 Å². The van der Waals surface area contributed by atoms with Crippen molar-refractivity contribution in [1.82, 2.24) is 0 Å². The van der Waals surface area contributed by atoms with Gasteiger partial charge in [-0.15, -0.1) is 0 Å². The van der Waals surface area contributed by atoms with Crippen LogP contribution in [0.25, 0.3) is 0 Å². The summed E-state index contributed by atoms with van der Waals surface area (Å²) in [5.41, 5.74) is -1.58. The van der Waals surface area contributed by atoms with Gasteiger partial charge in [0.05, 0.1) is 6.61 Å². The largest absolute Gasteiger partial charge is 0.463 e. The number of cyclic esters (lactones) is 1. The van der Waals surface area contributed by atoms with Crippen molar-refractivity contribution in [2.45, 2.75) is 19.2 Å². The molecule has 0 bridgehead atoms. The van der Waals surface area contributed by atoms with Gasteiger partial charge >= 0.3 is 18.2 Å². The number of aliphatic imine (C=N–C) groups is 1. The zero-order valence-corrected chi connectivity index (χ0v) is 7.50. The number of carbonyl (C=O) groups excluding carboxylic acids is 2. The highest BCUT2D eigenvalue weighted by Crippen LogP contribution is 2.25. The number of nitrogens with zero attached hydrogens (tertiary/aromatic N) is 1. The van der Waals surface area contributed by atoms with E-state index in [1.54, 1.807) is 0 Å². The minimum atomic E-state index is -4.89. The monoisotopic (exact) mass is 225 g/mol. The summed E-state index contributed by atoms with van der Waals surface area (Å²) in [5, 5.41) is 0. The molecule has 0 radical (unpaired) electrons. The number of alkyl halides is 3. The van der Waals surface area contributed by atoms with Crippen molar-refractivity contribution >= 4 is 17.8 Å². The first kappa shape index (κ1) is 11.5. The first-order valence-corrected chi connectivity index (χ1v) is 3.89. The van der Waals surface area contributed by atoms with Crippen LogP contribution >= 0.6 is 0 Å². The van der Waals surface area contributed by atoms with Crippen molar-refractivity contribution in [3.63, 3.8) is 0 Å². The van der Waals surface area contributed by atoms with Gasteiger partial charge in [0.1, 0.15) is 0 Å². The van der Waals surface area contributed by atoms with Crippen LogP contribution in [0.1, 0.15) is 6.92 Å². The number of hydrogen-bond donors (Lipinski definition) is 0. The van der Waals surface area contributed by atoms with Crippen molar-refractivity contribution in [2.75, 3.05) is 6.61 Å². The molecule has 1 unspecified atom stereocenters. The van der Waals surface area contributed by atoms with Gasteiger partial charge in [-0.05, 0) is 6.92 Å². The lowest BCUT2D eigenvalue weighted by atomic mass is 10.2. The third-order valence-electron chi connectivity index (χ3n) is 1.47. The summed E-state index contributed by atoms with van der Waals surface area (Å²) in [6, 6.07) is 0. The molecule has 0 aromatic heterocycles. The molecule has 1 amide bonds. The molecule has 5 nitrogen and oxygen atoms in total. The molecule has 0 fully saturated rings. The maximum atomic E-state index is 12.2. The molecule has 8 heteroatoms. The van der Waals surface area contributed by atoms with Crippen LogP contribution in [0.15, 0.2) is 4.99 Å². The van der Waals surface area contributed by atoms with E-state index in [4.69, 9.17) is 0 Å². The van der Waals surface area contributed by atoms with Crippen LogP contribution in [-0.4, -0.2) is 36.7 Å². The van der Waals surface area contributed by atoms with E-state index in [0.29, 0.717) is 0 Å². The SMILES string of the molecule is CCOC(=O)C1OC(=O)N=C1C(F)(F)F. The summed E-state index contributed by atoms with van der Waals surface area (Å²) in [7, 11) is 0. The van der Waals surface area contributed by atoms with Gasteiger partial charge in [-0.3, -0.25) is 0 Å². The molecule has 0 saturated heterocycles. The minimum absolute atomic E-state index is 0.113. The molecule has 0 N–H and O–H groups in total.